The number of aliphatic hydroxyl groups excluding tert-OH is 1. The summed E-state index contributed by atoms with van der Waals surface area (Å²) in [4.78, 5) is 0. The largest absolute Gasteiger partial charge is 0.396 e. The number of nitrogens with zero attached hydrogens (tertiary/aromatic N) is 4. The Morgan fingerprint density at radius 2 is 2.38 bits per heavy atom. The summed E-state index contributed by atoms with van der Waals surface area (Å²) in [7, 11) is 0. The summed E-state index contributed by atoms with van der Waals surface area (Å²) in [6.45, 7) is 1.95. The van der Waals surface area contributed by atoms with Crippen molar-refractivity contribution in [3.8, 4) is 0 Å². The lowest BCUT2D eigenvalue weighted by Crippen LogP contribution is -2.22. The molecule has 0 aliphatic heterocycles. The van der Waals surface area contributed by atoms with E-state index in [2.05, 4.69) is 20.8 Å². The minimum absolute atomic E-state index is 0.220. The third-order valence-electron chi connectivity index (χ3n) is 2.37. The molecule has 1 saturated carbocycles. The predicted molar refractivity (Wildman–Crippen MR) is 61.3 cm³/mol. The van der Waals surface area contributed by atoms with Crippen LogP contribution in [0.3, 0.4) is 0 Å². The van der Waals surface area contributed by atoms with Crippen LogP contribution in [-0.2, 0) is 6.54 Å². The molecule has 0 unspecified atom stereocenters. The van der Waals surface area contributed by atoms with E-state index in [0.29, 0.717) is 0 Å². The van der Waals surface area contributed by atoms with Crippen LogP contribution in [0, 0.1) is 0 Å². The molecular formula is C9H17N5OS. The highest BCUT2D eigenvalue weighted by atomic mass is 32.2. The minimum atomic E-state index is 0.220. The number of thioether (sulfide) groups is 1. The normalized spacial score (nSPS) is 15.6. The van der Waals surface area contributed by atoms with E-state index in [9.17, 15) is 0 Å². The Bertz CT molecular complexity index is 315. The highest BCUT2D eigenvalue weighted by molar-refractivity contribution is 7.99. The summed E-state index contributed by atoms with van der Waals surface area (Å²) >= 11 is 1.59. The van der Waals surface area contributed by atoms with Gasteiger partial charge in [-0.05, 0) is 29.7 Å². The summed E-state index contributed by atoms with van der Waals surface area (Å²) < 4.78 is 1.82. The molecule has 1 heterocycles. The van der Waals surface area contributed by atoms with E-state index in [0.717, 1.165) is 36.5 Å². The molecule has 16 heavy (non-hydrogen) atoms. The number of hydrogen-bond acceptors (Lipinski definition) is 6. The zero-order valence-corrected chi connectivity index (χ0v) is 9.99. The molecule has 0 amide bonds. The molecule has 1 aliphatic carbocycles. The van der Waals surface area contributed by atoms with Crippen molar-refractivity contribution in [3.63, 3.8) is 0 Å². The Kier molecular flexibility index (Phi) is 4.55. The molecule has 1 fully saturated rings. The van der Waals surface area contributed by atoms with Crippen molar-refractivity contribution in [2.24, 2.45) is 0 Å². The molecule has 2 rings (SSSR count). The van der Waals surface area contributed by atoms with Crippen molar-refractivity contribution in [1.82, 2.24) is 25.5 Å². The van der Waals surface area contributed by atoms with Crippen LogP contribution >= 0.6 is 11.8 Å². The summed E-state index contributed by atoms with van der Waals surface area (Å²) in [5, 5.41) is 24.5. The average molecular weight is 243 g/mol. The minimum Gasteiger partial charge on any atom is -0.396 e. The molecule has 1 aromatic heterocycles. The van der Waals surface area contributed by atoms with Gasteiger partial charge < -0.3 is 10.4 Å². The smallest absolute Gasteiger partial charge is 0.209 e. The van der Waals surface area contributed by atoms with Crippen molar-refractivity contribution >= 4 is 11.8 Å². The maximum atomic E-state index is 8.69. The molecule has 0 radical (unpaired) electrons. The van der Waals surface area contributed by atoms with Gasteiger partial charge in [-0.2, -0.15) is 0 Å². The molecular weight excluding hydrogens is 226 g/mol. The number of tetrazole rings is 1. The zero-order valence-electron chi connectivity index (χ0n) is 9.17. The number of aliphatic hydroxyl groups is 1. The van der Waals surface area contributed by atoms with Crippen LogP contribution in [0.4, 0.5) is 0 Å². The average Bonchev–Trinajstić information content (AvgIpc) is 3.00. The highest BCUT2D eigenvalue weighted by Gasteiger charge is 2.19. The van der Waals surface area contributed by atoms with Gasteiger partial charge in [0.05, 0.1) is 6.54 Å². The van der Waals surface area contributed by atoms with E-state index in [-0.39, 0.29) is 6.61 Å². The SMILES string of the molecule is OCCCSc1nnnn1CCNC1CC1. The van der Waals surface area contributed by atoms with E-state index in [4.69, 9.17) is 5.11 Å². The molecule has 0 atom stereocenters. The lowest BCUT2D eigenvalue weighted by atomic mass is 10.5. The second-order valence-electron chi connectivity index (χ2n) is 3.84. The van der Waals surface area contributed by atoms with Crippen molar-refractivity contribution in [1.29, 1.82) is 0 Å². The van der Waals surface area contributed by atoms with Crippen LogP contribution in [0.25, 0.3) is 0 Å². The van der Waals surface area contributed by atoms with Gasteiger partial charge in [-0.15, -0.1) is 5.10 Å². The predicted octanol–water partition coefficient (Wildman–Crippen LogP) is -0.100. The van der Waals surface area contributed by atoms with Gasteiger partial charge in [-0.25, -0.2) is 4.68 Å². The molecule has 2 N–H and O–H groups in total. The molecule has 6 nitrogen and oxygen atoms in total. The molecule has 7 heteroatoms. The van der Waals surface area contributed by atoms with Crippen LogP contribution in [0.5, 0.6) is 0 Å². The van der Waals surface area contributed by atoms with Gasteiger partial charge >= 0.3 is 0 Å². The lowest BCUT2D eigenvalue weighted by molar-refractivity contribution is 0.296. The monoisotopic (exact) mass is 243 g/mol. The fraction of sp³-hybridized carbons (Fsp3) is 0.889. The second kappa shape index (κ2) is 6.17. The van der Waals surface area contributed by atoms with Crippen LogP contribution in [-0.4, -0.2) is 50.3 Å². The van der Waals surface area contributed by atoms with Gasteiger partial charge in [0.15, 0.2) is 0 Å². The molecule has 0 bridgehead atoms. The maximum Gasteiger partial charge on any atom is 0.209 e. The Morgan fingerprint density at radius 3 is 3.12 bits per heavy atom. The molecule has 90 valence electrons. The molecule has 0 saturated heterocycles. The Labute approximate surface area is 98.8 Å². The summed E-state index contributed by atoms with van der Waals surface area (Å²) in [5.74, 6) is 0.854. The molecule has 1 aromatic rings. The van der Waals surface area contributed by atoms with E-state index in [1.54, 1.807) is 11.8 Å². The molecule has 0 aromatic carbocycles. The molecule has 1 aliphatic rings. The van der Waals surface area contributed by atoms with Crippen LogP contribution in [0.1, 0.15) is 19.3 Å². The number of hydrogen-bond donors (Lipinski definition) is 2. The lowest BCUT2D eigenvalue weighted by Gasteiger charge is -2.04. The number of rotatable bonds is 8. The van der Waals surface area contributed by atoms with Gasteiger partial charge in [0, 0.05) is 24.9 Å². The van der Waals surface area contributed by atoms with Crippen molar-refractivity contribution in [3.05, 3.63) is 0 Å². The first-order valence-corrected chi connectivity index (χ1v) is 6.62. The number of aromatic nitrogens is 4. The van der Waals surface area contributed by atoms with Crippen LogP contribution < -0.4 is 5.32 Å². The summed E-state index contributed by atoms with van der Waals surface area (Å²) in [5.41, 5.74) is 0. The third-order valence-corrected chi connectivity index (χ3v) is 3.41. The van der Waals surface area contributed by atoms with Crippen molar-refractivity contribution in [2.45, 2.75) is 37.0 Å². The second-order valence-corrected chi connectivity index (χ2v) is 4.90. The van der Waals surface area contributed by atoms with E-state index in [1.165, 1.54) is 12.8 Å². The molecule has 0 spiro atoms. The van der Waals surface area contributed by atoms with Gasteiger partial charge in [-0.3, -0.25) is 0 Å². The van der Waals surface area contributed by atoms with Gasteiger partial charge in [0.1, 0.15) is 0 Å². The topological polar surface area (TPSA) is 75.9 Å². The van der Waals surface area contributed by atoms with Crippen LogP contribution in [0.2, 0.25) is 0 Å². The summed E-state index contributed by atoms with van der Waals surface area (Å²) in [6.07, 6.45) is 3.37. The third kappa shape index (κ3) is 3.73. The first kappa shape index (κ1) is 11.8. The summed E-state index contributed by atoms with van der Waals surface area (Å²) in [6, 6.07) is 0.724. The standard InChI is InChI=1S/C9H17N5OS/c15-6-1-7-16-9-11-12-13-14(9)5-4-10-8-2-3-8/h8,10,15H,1-7H2. The van der Waals surface area contributed by atoms with E-state index < -0.39 is 0 Å². The van der Waals surface area contributed by atoms with Gasteiger partial charge in [-0.1, -0.05) is 11.8 Å². The van der Waals surface area contributed by atoms with Gasteiger partial charge in [0.25, 0.3) is 0 Å². The fourth-order valence-electron chi connectivity index (χ4n) is 1.33. The van der Waals surface area contributed by atoms with Gasteiger partial charge in [0.2, 0.25) is 5.16 Å². The van der Waals surface area contributed by atoms with E-state index in [1.807, 2.05) is 4.68 Å². The Hall–Kier alpha value is -0.660. The fourth-order valence-corrected chi connectivity index (χ4v) is 2.16. The van der Waals surface area contributed by atoms with Crippen molar-refractivity contribution < 1.29 is 5.11 Å². The first-order valence-electron chi connectivity index (χ1n) is 5.63. The quantitative estimate of drug-likeness (QED) is 0.490. The number of nitrogens with one attached hydrogen (secondary N) is 1. The highest BCUT2D eigenvalue weighted by Crippen LogP contribution is 2.18. The Morgan fingerprint density at radius 1 is 1.50 bits per heavy atom. The van der Waals surface area contributed by atoms with E-state index >= 15 is 0 Å². The Balaban J connectivity index is 1.71. The zero-order chi connectivity index (χ0) is 11.2. The van der Waals surface area contributed by atoms with Crippen molar-refractivity contribution in [2.75, 3.05) is 18.9 Å². The maximum absolute atomic E-state index is 8.69. The van der Waals surface area contributed by atoms with Crippen LogP contribution in [0.15, 0.2) is 5.16 Å². The first-order chi connectivity index (χ1) is 7.90.